The van der Waals surface area contributed by atoms with Gasteiger partial charge in [-0.3, -0.25) is 19.2 Å². The Morgan fingerprint density at radius 1 is 0.429 bits per heavy atom. The summed E-state index contributed by atoms with van der Waals surface area (Å²) in [6, 6.07) is 40.4. The molecule has 0 aliphatic carbocycles. The zero-order valence-electron chi connectivity index (χ0n) is 56.1. The molecule has 17 nitrogen and oxygen atoms in total. The normalized spacial score (nSPS) is 10.5. The fraction of sp³-hybridized carbons (Fsp3) is 0.473. The van der Waals surface area contributed by atoms with E-state index in [4.69, 9.17) is 40.8 Å². The third-order valence-corrected chi connectivity index (χ3v) is 12.6. The lowest BCUT2D eigenvalue weighted by Crippen LogP contribution is -2.25. The summed E-state index contributed by atoms with van der Waals surface area (Å²) in [5.41, 5.74) is 15.8. The van der Waals surface area contributed by atoms with Gasteiger partial charge in [-0.25, -0.2) is 24.4 Å². The van der Waals surface area contributed by atoms with E-state index in [-0.39, 0.29) is 42.5 Å². The van der Waals surface area contributed by atoms with E-state index >= 15 is 0 Å². The summed E-state index contributed by atoms with van der Waals surface area (Å²) in [4.78, 5) is 93.1. The van der Waals surface area contributed by atoms with Crippen LogP contribution in [-0.2, 0) is 59.3 Å². The Labute approximate surface area is 542 Å². The molecule has 6 N–H and O–H groups in total. The minimum atomic E-state index is -0.769. The molecule has 1 amide bonds. The largest absolute Gasteiger partial charge is 0.481 e. The van der Waals surface area contributed by atoms with Crippen LogP contribution in [-0.4, -0.2) is 82.3 Å². The molecule has 0 aliphatic rings. The van der Waals surface area contributed by atoms with Gasteiger partial charge in [-0.1, -0.05) is 130 Å². The summed E-state index contributed by atoms with van der Waals surface area (Å²) < 4.78 is 21.1. The fourth-order valence-electron chi connectivity index (χ4n) is 7.96. The van der Waals surface area contributed by atoms with Crippen LogP contribution in [0, 0.1) is 11.8 Å². The van der Waals surface area contributed by atoms with Gasteiger partial charge in [0.15, 0.2) is 5.78 Å². The molecule has 0 atom stereocenters. The van der Waals surface area contributed by atoms with E-state index in [0.29, 0.717) is 93.5 Å². The molecular weight excluding hydrogens is 1150 g/mol. The van der Waals surface area contributed by atoms with Gasteiger partial charge < -0.3 is 40.8 Å². The molecule has 5 rings (SSSR count). The molecule has 91 heavy (non-hydrogen) atoms. The molecule has 0 fully saturated rings. The number of aliphatic carboxylic acids is 1. The first-order chi connectivity index (χ1) is 43.2. The van der Waals surface area contributed by atoms with E-state index in [1.54, 1.807) is 48.5 Å². The van der Waals surface area contributed by atoms with Crippen LogP contribution in [0.4, 0.5) is 4.79 Å². The number of hydrogen-bond donors (Lipinski definition) is 4. The number of nitriles is 1. The number of nitrogens with two attached hydrogens (primary N) is 2. The highest BCUT2D eigenvalue weighted by Gasteiger charge is 2.20. The monoisotopic (exact) mass is 1260 g/mol. The third kappa shape index (κ3) is 43.9. The highest BCUT2D eigenvalue weighted by atomic mass is 16.6. The number of ether oxygens (including phenoxy) is 4. The topological polar surface area (TPSA) is 282 Å². The smallest absolute Gasteiger partial charge is 0.407 e. The van der Waals surface area contributed by atoms with Gasteiger partial charge in [0.25, 0.3) is 0 Å². The summed E-state index contributed by atoms with van der Waals surface area (Å²) >= 11 is 0. The number of nitrogens with zero attached hydrogens (tertiary/aromatic N) is 1. The minimum absolute atomic E-state index is 0.135. The molecule has 0 saturated carbocycles. The standard InChI is InChI=1S/C27H35NO5.C19H29NO3.C13H16O3.C12H17NO2.C2H6.CHN/c1-27(2,3)33-25(30)23-16-13-21(14-17-23)15-18-24(29)12-8-5-9-19-28-26(31)32-20-22-10-6-4-7-11-22;1-19(2,3)23-18(22)16-11-8-15(9-12-16)10-13-17(21)7-5-4-6-14-20;14-12(11-7-3-1-4-8-11)9-5-2-6-10-13(15)16;1-12(2,3)15-11(14)10-6-4-9(8-13)5-7-10;2*1-2/h4,6-7,10-11,13-14,16-17H,5,8-9,12,15,18-20H2,1-3H3,(H,28,31);8-9,11-12H,4-7,10,13-14,20H2,1-3H3;1,3-4,7-8H,2,5-6,9-10H2,(H,15,16);4-7H,8,13H2,1-3H3;1-2H3;1H. The van der Waals surface area contributed by atoms with Crippen molar-refractivity contribution < 1.29 is 62.4 Å². The molecule has 0 heterocycles. The molecule has 0 radical (unpaired) electrons. The number of carboxylic acid groups (broad SMARTS) is 1. The van der Waals surface area contributed by atoms with Crippen LogP contribution in [0.15, 0.2) is 133 Å². The number of benzene rings is 5. The summed E-state index contributed by atoms with van der Waals surface area (Å²) in [7, 11) is 0. The van der Waals surface area contributed by atoms with Crippen LogP contribution in [0.2, 0.25) is 0 Å². The maximum Gasteiger partial charge on any atom is 0.407 e. The van der Waals surface area contributed by atoms with Gasteiger partial charge >= 0.3 is 30.0 Å². The van der Waals surface area contributed by atoms with E-state index in [1.165, 1.54) is 0 Å². The number of carbonyl (C=O) groups is 8. The fourth-order valence-corrected chi connectivity index (χ4v) is 7.96. The molecule has 17 heteroatoms. The van der Waals surface area contributed by atoms with E-state index in [1.807, 2.05) is 161 Å². The van der Waals surface area contributed by atoms with Gasteiger partial charge in [0, 0.05) is 63.8 Å². The number of amides is 1. The van der Waals surface area contributed by atoms with E-state index in [0.717, 1.165) is 79.2 Å². The molecule has 5 aromatic carbocycles. The molecule has 0 bridgehead atoms. The van der Waals surface area contributed by atoms with Crippen molar-refractivity contribution in [3.05, 3.63) is 178 Å². The van der Waals surface area contributed by atoms with Crippen LogP contribution >= 0.6 is 0 Å². The Balaban J connectivity index is 0.00000122. The molecule has 0 unspecified atom stereocenters. The van der Waals surface area contributed by atoms with Crippen LogP contribution in [0.5, 0.6) is 0 Å². The summed E-state index contributed by atoms with van der Waals surface area (Å²) in [6.07, 6.45) is 11.5. The molecule has 0 aromatic heterocycles. The number of Topliss-reactive ketones (excluding diaryl/α,β-unsaturated/α-hetero) is 3. The van der Waals surface area contributed by atoms with Crippen LogP contribution < -0.4 is 16.8 Å². The highest BCUT2D eigenvalue weighted by Crippen LogP contribution is 2.18. The lowest BCUT2D eigenvalue weighted by molar-refractivity contribution is -0.137. The second kappa shape index (κ2) is 47.6. The lowest BCUT2D eigenvalue weighted by atomic mass is 10.0. The van der Waals surface area contributed by atoms with Crippen molar-refractivity contribution in [2.75, 3.05) is 13.1 Å². The van der Waals surface area contributed by atoms with E-state index in [2.05, 4.69) is 11.9 Å². The Bertz CT molecular complexity index is 2870. The first-order valence-electron chi connectivity index (χ1n) is 31.6. The van der Waals surface area contributed by atoms with Crippen molar-refractivity contribution >= 4 is 47.3 Å². The first-order valence-corrected chi connectivity index (χ1v) is 31.6. The van der Waals surface area contributed by atoms with Crippen molar-refractivity contribution in [1.82, 2.24) is 5.32 Å². The number of rotatable bonds is 30. The number of alkyl carbamates (subject to hydrolysis) is 1. The number of esters is 3. The van der Waals surface area contributed by atoms with Crippen molar-refractivity contribution in [2.24, 2.45) is 11.5 Å². The second-order valence-electron chi connectivity index (χ2n) is 24.0. The quantitative estimate of drug-likeness (QED) is 0.0144. The van der Waals surface area contributed by atoms with Crippen molar-refractivity contribution in [1.29, 1.82) is 5.26 Å². The van der Waals surface area contributed by atoms with Crippen molar-refractivity contribution in [2.45, 2.75) is 215 Å². The van der Waals surface area contributed by atoms with Gasteiger partial charge in [0.2, 0.25) is 0 Å². The predicted molar refractivity (Wildman–Crippen MR) is 360 cm³/mol. The molecule has 498 valence electrons. The lowest BCUT2D eigenvalue weighted by Gasteiger charge is -2.19. The van der Waals surface area contributed by atoms with Crippen LogP contribution in [0.3, 0.4) is 0 Å². The maximum absolute atomic E-state index is 12.1. The van der Waals surface area contributed by atoms with Crippen LogP contribution in [0.1, 0.15) is 236 Å². The third-order valence-electron chi connectivity index (χ3n) is 12.6. The SMILES string of the molecule is C#N.CC.CC(C)(C)OC(=O)c1ccc(CCC(=O)CCCCCN)cc1.CC(C)(C)OC(=O)c1ccc(CCC(=O)CCCCCNC(=O)OCc2ccccc2)cc1.CC(C)(C)OC(=O)c1ccc(CN)cc1.O=C(O)CCCCCC(=O)c1ccccc1. The Hall–Kier alpha value is -8.33. The highest BCUT2D eigenvalue weighted by molar-refractivity contribution is 5.96. The first kappa shape index (κ1) is 82.7. The second-order valence-corrected chi connectivity index (χ2v) is 24.0. The van der Waals surface area contributed by atoms with E-state index < -0.39 is 28.9 Å². The van der Waals surface area contributed by atoms with E-state index in [9.17, 15) is 38.4 Å². The summed E-state index contributed by atoms with van der Waals surface area (Å²) in [5.74, 6) is -1.08. The summed E-state index contributed by atoms with van der Waals surface area (Å²) in [5, 5.41) is 17.7. The Morgan fingerprint density at radius 2 is 0.791 bits per heavy atom. The molecule has 0 aliphatic heterocycles. The zero-order chi connectivity index (χ0) is 68.7. The van der Waals surface area contributed by atoms with Crippen molar-refractivity contribution in [3.8, 4) is 6.57 Å². The minimum Gasteiger partial charge on any atom is -0.481 e. The van der Waals surface area contributed by atoms with Gasteiger partial charge in [0.1, 0.15) is 35.0 Å². The summed E-state index contributed by atoms with van der Waals surface area (Å²) in [6.45, 7) is 26.0. The number of aryl methyl sites for hydroxylation is 2. The molecule has 0 spiro atoms. The van der Waals surface area contributed by atoms with Gasteiger partial charge in [-0.15, -0.1) is 0 Å². The molecular formula is C74H104N4O13. The van der Waals surface area contributed by atoms with Gasteiger partial charge in [-0.05, 0) is 179 Å². The number of ketones is 3. The predicted octanol–water partition coefficient (Wildman–Crippen LogP) is 15.5. The van der Waals surface area contributed by atoms with Crippen molar-refractivity contribution in [3.63, 3.8) is 0 Å². The Kier molecular flexibility index (Phi) is 43.2. The number of nitrogens with one attached hydrogen (secondary N) is 1. The zero-order valence-corrected chi connectivity index (χ0v) is 56.1. The number of unbranched alkanes of at least 4 members (excludes halogenated alkanes) is 6. The Morgan fingerprint density at radius 3 is 1.18 bits per heavy atom. The maximum atomic E-state index is 12.1. The number of carboxylic acids is 1. The number of carbonyl (C=O) groups excluding carboxylic acids is 7. The van der Waals surface area contributed by atoms with Crippen LogP contribution in [0.25, 0.3) is 0 Å². The molecule has 0 saturated heterocycles. The van der Waals surface area contributed by atoms with Gasteiger partial charge in [0.05, 0.1) is 16.7 Å². The average molecular weight is 1260 g/mol. The molecule has 5 aromatic rings. The average Bonchev–Trinajstić information content (AvgIpc) is 2.98. The van der Waals surface area contributed by atoms with Gasteiger partial charge in [-0.2, -0.15) is 0 Å². The number of hydrogen-bond acceptors (Lipinski definition) is 15.